The maximum Gasteiger partial charge on any atom is 0.193 e. The molecule has 0 aromatic rings. The number of nitrogens with one attached hydrogen (secondary N) is 1. The quantitative estimate of drug-likeness (QED) is 0.624. The largest absolute Gasteiger partial charge is 0.356 e. The third-order valence-corrected chi connectivity index (χ3v) is 5.14. The van der Waals surface area contributed by atoms with Gasteiger partial charge in [-0.05, 0) is 55.3 Å². The van der Waals surface area contributed by atoms with E-state index in [-0.39, 0.29) is 0 Å². The molecule has 0 atom stereocenters. The second-order valence-corrected chi connectivity index (χ2v) is 7.60. The Labute approximate surface area is 117 Å². The van der Waals surface area contributed by atoms with E-state index in [1.54, 1.807) is 0 Å². The van der Waals surface area contributed by atoms with Crippen molar-refractivity contribution in [3.63, 3.8) is 0 Å². The summed E-state index contributed by atoms with van der Waals surface area (Å²) in [6.07, 6.45) is 7.16. The van der Waals surface area contributed by atoms with E-state index in [4.69, 9.17) is 0 Å². The lowest BCUT2D eigenvalue weighted by atomic mass is 9.93. The number of aliphatic imine (C=N–C) groups is 1. The van der Waals surface area contributed by atoms with Crippen molar-refractivity contribution < 1.29 is 0 Å². The van der Waals surface area contributed by atoms with Gasteiger partial charge in [0.05, 0.1) is 0 Å². The van der Waals surface area contributed by atoms with Crippen LogP contribution >= 0.6 is 0 Å². The number of rotatable bonds is 4. The molecule has 0 spiro atoms. The Kier molecular flexibility index (Phi) is 3.48. The van der Waals surface area contributed by atoms with Gasteiger partial charge in [0.2, 0.25) is 0 Å². The zero-order chi connectivity index (χ0) is 13.5. The Hall–Kier alpha value is -0.730. The molecule has 2 saturated carbocycles. The van der Waals surface area contributed by atoms with Crippen LogP contribution in [-0.2, 0) is 0 Å². The molecule has 0 radical (unpaired) electrons. The molecule has 0 aromatic carbocycles. The normalized spacial score (nSPS) is 27.2. The molecule has 108 valence electrons. The van der Waals surface area contributed by atoms with Gasteiger partial charge in [-0.2, -0.15) is 0 Å². The molecule has 0 aromatic heterocycles. The molecule has 3 rings (SSSR count). The predicted molar refractivity (Wildman–Crippen MR) is 80.3 cm³/mol. The predicted octanol–water partition coefficient (Wildman–Crippen LogP) is 2.73. The second kappa shape index (κ2) is 4.99. The molecular weight excluding hydrogens is 234 g/mol. The van der Waals surface area contributed by atoms with Gasteiger partial charge in [0.1, 0.15) is 0 Å². The van der Waals surface area contributed by atoms with Crippen LogP contribution < -0.4 is 5.32 Å². The minimum Gasteiger partial charge on any atom is -0.356 e. The SMILES string of the molecule is CN=C(NCC(C1CC1)C1CC1)N1CCC(C)(C)C1. The van der Waals surface area contributed by atoms with Gasteiger partial charge in [-0.3, -0.25) is 4.99 Å². The Balaban J connectivity index is 1.52. The first-order valence-corrected chi connectivity index (χ1v) is 8.05. The summed E-state index contributed by atoms with van der Waals surface area (Å²) >= 11 is 0. The minimum atomic E-state index is 0.448. The summed E-state index contributed by atoms with van der Waals surface area (Å²) in [6, 6.07) is 0. The minimum absolute atomic E-state index is 0.448. The molecule has 0 unspecified atom stereocenters. The van der Waals surface area contributed by atoms with Crippen LogP contribution in [0.25, 0.3) is 0 Å². The number of likely N-dealkylation sites (tertiary alicyclic amines) is 1. The fourth-order valence-electron chi connectivity index (χ4n) is 3.60. The molecule has 2 aliphatic carbocycles. The molecule has 3 heteroatoms. The van der Waals surface area contributed by atoms with Crippen LogP contribution in [0.15, 0.2) is 4.99 Å². The topological polar surface area (TPSA) is 27.6 Å². The molecule has 0 amide bonds. The maximum absolute atomic E-state index is 4.50. The van der Waals surface area contributed by atoms with Crippen LogP contribution in [-0.4, -0.2) is 37.5 Å². The fourth-order valence-corrected chi connectivity index (χ4v) is 3.60. The Bertz CT molecular complexity index is 341. The first-order valence-electron chi connectivity index (χ1n) is 8.05. The number of hydrogen-bond donors (Lipinski definition) is 1. The van der Waals surface area contributed by atoms with E-state index in [1.807, 2.05) is 7.05 Å². The van der Waals surface area contributed by atoms with Gasteiger partial charge in [-0.1, -0.05) is 13.8 Å². The molecule has 19 heavy (non-hydrogen) atoms. The molecule has 1 heterocycles. The highest BCUT2D eigenvalue weighted by Crippen LogP contribution is 2.48. The molecule has 3 nitrogen and oxygen atoms in total. The molecule has 1 N–H and O–H groups in total. The Morgan fingerprint density at radius 3 is 2.32 bits per heavy atom. The number of hydrogen-bond acceptors (Lipinski definition) is 1. The summed E-state index contributed by atoms with van der Waals surface area (Å²) in [4.78, 5) is 6.94. The highest BCUT2D eigenvalue weighted by Gasteiger charge is 2.41. The van der Waals surface area contributed by atoms with Crippen LogP contribution in [0.2, 0.25) is 0 Å². The van der Waals surface area contributed by atoms with Gasteiger partial charge in [0.15, 0.2) is 5.96 Å². The summed E-state index contributed by atoms with van der Waals surface area (Å²) in [5.74, 6) is 4.10. The summed E-state index contributed by atoms with van der Waals surface area (Å²) in [5.41, 5.74) is 0.448. The lowest BCUT2D eigenvalue weighted by Crippen LogP contribution is -2.43. The highest BCUT2D eigenvalue weighted by molar-refractivity contribution is 5.80. The van der Waals surface area contributed by atoms with Crippen molar-refractivity contribution in [2.75, 3.05) is 26.7 Å². The van der Waals surface area contributed by atoms with E-state index in [0.29, 0.717) is 5.41 Å². The standard InChI is InChI=1S/C16H29N3/c1-16(2)8-9-19(11-16)15(17-3)18-10-14(12-4-5-12)13-6-7-13/h12-14H,4-11H2,1-3H3,(H,17,18). The van der Waals surface area contributed by atoms with Crippen molar-refractivity contribution in [2.45, 2.75) is 46.0 Å². The van der Waals surface area contributed by atoms with Crippen LogP contribution in [0, 0.1) is 23.2 Å². The van der Waals surface area contributed by atoms with Crippen LogP contribution in [0.5, 0.6) is 0 Å². The van der Waals surface area contributed by atoms with E-state index in [1.165, 1.54) is 32.1 Å². The fraction of sp³-hybridized carbons (Fsp3) is 0.938. The zero-order valence-corrected chi connectivity index (χ0v) is 12.8. The van der Waals surface area contributed by atoms with E-state index in [2.05, 4.69) is 29.1 Å². The zero-order valence-electron chi connectivity index (χ0n) is 12.8. The summed E-state index contributed by atoms with van der Waals surface area (Å²) in [6.45, 7) is 8.17. The van der Waals surface area contributed by atoms with Crippen LogP contribution in [0.1, 0.15) is 46.0 Å². The number of nitrogens with zero attached hydrogens (tertiary/aromatic N) is 2. The van der Waals surface area contributed by atoms with Crippen molar-refractivity contribution in [1.82, 2.24) is 10.2 Å². The maximum atomic E-state index is 4.50. The van der Waals surface area contributed by atoms with E-state index < -0.39 is 0 Å². The first-order chi connectivity index (χ1) is 9.09. The van der Waals surface area contributed by atoms with Gasteiger partial charge in [-0.15, -0.1) is 0 Å². The molecule has 3 fully saturated rings. The van der Waals surface area contributed by atoms with Crippen LogP contribution in [0.3, 0.4) is 0 Å². The summed E-state index contributed by atoms with van der Waals surface area (Å²) in [5, 5.41) is 3.67. The molecule has 1 aliphatic heterocycles. The highest BCUT2D eigenvalue weighted by atomic mass is 15.3. The molecular formula is C16H29N3. The Morgan fingerprint density at radius 2 is 1.89 bits per heavy atom. The van der Waals surface area contributed by atoms with Gasteiger partial charge in [0, 0.05) is 26.7 Å². The lowest BCUT2D eigenvalue weighted by Gasteiger charge is -2.25. The average molecular weight is 263 g/mol. The monoisotopic (exact) mass is 263 g/mol. The van der Waals surface area contributed by atoms with E-state index >= 15 is 0 Å². The second-order valence-electron chi connectivity index (χ2n) is 7.60. The van der Waals surface area contributed by atoms with Gasteiger partial charge < -0.3 is 10.2 Å². The molecule has 0 bridgehead atoms. The summed E-state index contributed by atoms with van der Waals surface area (Å²) in [7, 11) is 1.93. The number of guanidine groups is 1. The summed E-state index contributed by atoms with van der Waals surface area (Å²) < 4.78 is 0. The van der Waals surface area contributed by atoms with Gasteiger partial charge in [0.25, 0.3) is 0 Å². The first kappa shape index (κ1) is 13.3. The van der Waals surface area contributed by atoms with Crippen molar-refractivity contribution in [3.8, 4) is 0 Å². The van der Waals surface area contributed by atoms with Crippen molar-refractivity contribution in [1.29, 1.82) is 0 Å². The van der Waals surface area contributed by atoms with Gasteiger partial charge in [-0.25, -0.2) is 0 Å². The van der Waals surface area contributed by atoms with E-state index in [9.17, 15) is 0 Å². The van der Waals surface area contributed by atoms with Crippen molar-refractivity contribution >= 4 is 5.96 Å². The average Bonchev–Trinajstić information content (AvgIpc) is 3.24. The van der Waals surface area contributed by atoms with Crippen LogP contribution in [0.4, 0.5) is 0 Å². The van der Waals surface area contributed by atoms with E-state index in [0.717, 1.165) is 43.3 Å². The van der Waals surface area contributed by atoms with Crippen molar-refractivity contribution in [3.05, 3.63) is 0 Å². The molecule has 3 aliphatic rings. The third-order valence-electron chi connectivity index (χ3n) is 5.14. The lowest BCUT2D eigenvalue weighted by molar-refractivity contribution is 0.359. The molecule has 1 saturated heterocycles. The Morgan fingerprint density at radius 1 is 1.26 bits per heavy atom. The van der Waals surface area contributed by atoms with Crippen molar-refractivity contribution in [2.24, 2.45) is 28.2 Å². The van der Waals surface area contributed by atoms with Gasteiger partial charge >= 0.3 is 0 Å². The smallest absolute Gasteiger partial charge is 0.193 e. The third kappa shape index (κ3) is 3.24.